The van der Waals surface area contributed by atoms with E-state index in [0.29, 0.717) is 25.7 Å². The summed E-state index contributed by atoms with van der Waals surface area (Å²) in [6, 6.07) is 0. The standard InChI is InChI=1S/C82H160O17P2/c1-9-74(7)60-52-44-36-27-21-17-15-13-11-12-14-16-18-22-30-40-48-56-64-81(86)98-77(68-92-79(84)62-54-46-38-29-23-19-20-26-34-42-50-58-72(3)4)70-96-100(88,89)94-66-76(83)67-95-101(90,91)97-71-78(69-93-80(85)63-55-47-39-33-32-35-43-51-59-73(5)6)99-82(87)65-57-49-41-31-25-24-28-37-45-53-61-75(8)10-2/h72-78,83H,9-71H2,1-8H3,(H,88,89)(H,90,91)/t74?,75?,76?,77-,78-/m1/s1. The van der Waals surface area contributed by atoms with Crippen LogP contribution in [0.4, 0.5) is 0 Å². The smallest absolute Gasteiger partial charge is 0.462 e. The lowest BCUT2D eigenvalue weighted by Crippen LogP contribution is -2.30. The van der Waals surface area contributed by atoms with Gasteiger partial charge in [0.15, 0.2) is 12.2 Å². The van der Waals surface area contributed by atoms with Crippen LogP contribution >= 0.6 is 15.6 Å². The van der Waals surface area contributed by atoms with E-state index in [1.54, 1.807) is 0 Å². The molecule has 17 nitrogen and oxygen atoms in total. The van der Waals surface area contributed by atoms with E-state index >= 15 is 0 Å². The molecule has 0 spiro atoms. The SMILES string of the molecule is CCC(C)CCCCCCCCCCCCCCCCCCCCC(=O)O[C@H](COC(=O)CCCCCCCCCCCCCC(C)C)COP(=O)(O)OCC(O)COP(=O)(O)OC[C@@H](COC(=O)CCCCCCCCCCC(C)C)OC(=O)CCCCCCCCCCCCC(C)CC. The van der Waals surface area contributed by atoms with Gasteiger partial charge >= 0.3 is 39.5 Å². The second-order valence-corrected chi connectivity index (χ2v) is 33.9. The van der Waals surface area contributed by atoms with E-state index in [0.717, 1.165) is 114 Å². The Balaban J connectivity index is 5.23. The van der Waals surface area contributed by atoms with Gasteiger partial charge in [0.25, 0.3) is 0 Å². The molecule has 0 aliphatic rings. The Bertz CT molecular complexity index is 1980. The van der Waals surface area contributed by atoms with Gasteiger partial charge in [-0.05, 0) is 49.4 Å². The van der Waals surface area contributed by atoms with E-state index in [1.807, 2.05) is 0 Å². The van der Waals surface area contributed by atoms with E-state index < -0.39 is 97.5 Å². The number of esters is 4. The van der Waals surface area contributed by atoms with Crippen molar-refractivity contribution in [2.24, 2.45) is 23.7 Å². The predicted molar refractivity (Wildman–Crippen MR) is 414 cm³/mol. The minimum atomic E-state index is -4.96. The van der Waals surface area contributed by atoms with Crippen molar-refractivity contribution in [1.29, 1.82) is 0 Å². The Morgan fingerprint density at radius 3 is 0.703 bits per heavy atom. The molecule has 0 rings (SSSR count). The quantitative estimate of drug-likeness (QED) is 0.0222. The van der Waals surface area contributed by atoms with Crippen molar-refractivity contribution in [1.82, 2.24) is 0 Å². The summed E-state index contributed by atoms with van der Waals surface area (Å²) in [6.07, 6.45) is 58.2. The number of carbonyl (C=O) groups excluding carboxylic acids is 4. The molecular weight excluding hydrogens is 1320 g/mol. The van der Waals surface area contributed by atoms with E-state index in [1.165, 1.54) is 225 Å². The number of carbonyl (C=O) groups is 4. The summed E-state index contributed by atoms with van der Waals surface area (Å²) in [5.74, 6) is 1.06. The molecule has 0 heterocycles. The molecule has 0 aromatic rings. The first kappa shape index (κ1) is 99.1. The number of rotatable bonds is 79. The first-order chi connectivity index (χ1) is 48.7. The number of hydrogen-bond donors (Lipinski definition) is 3. The summed E-state index contributed by atoms with van der Waals surface area (Å²) in [5, 5.41) is 10.6. The third-order valence-corrected chi connectivity index (χ3v) is 21.7. The largest absolute Gasteiger partial charge is 0.472 e. The summed E-state index contributed by atoms with van der Waals surface area (Å²) >= 11 is 0. The number of aliphatic hydroxyl groups is 1. The summed E-state index contributed by atoms with van der Waals surface area (Å²) in [6.45, 7) is 14.3. The molecule has 0 fully saturated rings. The topological polar surface area (TPSA) is 237 Å². The molecule has 101 heavy (non-hydrogen) atoms. The van der Waals surface area contributed by atoms with Crippen LogP contribution in [0.2, 0.25) is 0 Å². The van der Waals surface area contributed by atoms with Crippen LogP contribution in [-0.4, -0.2) is 96.7 Å². The lowest BCUT2D eigenvalue weighted by Gasteiger charge is -2.21. The van der Waals surface area contributed by atoms with Crippen LogP contribution in [0.3, 0.4) is 0 Å². The summed E-state index contributed by atoms with van der Waals surface area (Å²) in [5.41, 5.74) is 0. The number of aliphatic hydroxyl groups excluding tert-OH is 1. The van der Waals surface area contributed by atoms with Crippen molar-refractivity contribution in [2.45, 2.75) is 440 Å². The number of ether oxygens (including phenoxy) is 4. The van der Waals surface area contributed by atoms with Gasteiger partial charge in [-0.2, -0.15) is 0 Å². The molecule has 0 aromatic heterocycles. The van der Waals surface area contributed by atoms with Gasteiger partial charge in [-0.3, -0.25) is 37.3 Å². The van der Waals surface area contributed by atoms with Crippen LogP contribution in [-0.2, 0) is 65.4 Å². The highest BCUT2D eigenvalue weighted by molar-refractivity contribution is 7.47. The van der Waals surface area contributed by atoms with Crippen LogP contribution in [0, 0.1) is 23.7 Å². The highest BCUT2D eigenvalue weighted by Gasteiger charge is 2.30. The molecule has 0 aromatic carbocycles. The maximum atomic E-state index is 13.1. The van der Waals surface area contributed by atoms with Crippen LogP contribution in [0.15, 0.2) is 0 Å². The number of unbranched alkanes of at least 4 members (excludes halogenated alkanes) is 43. The molecule has 0 aliphatic carbocycles. The Hall–Kier alpha value is -1.94. The van der Waals surface area contributed by atoms with Crippen molar-refractivity contribution in [2.75, 3.05) is 39.6 Å². The van der Waals surface area contributed by atoms with Gasteiger partial charge in [0.05, 0.1) is 26.4 Å². The van der Waals surface area contributed by atoms with Crippen LogP contribution in [0.25, 0.3) is 0 Å². The number of hydrogen-bond acceptors (Lipinski definition) is 15. The lowest BCUT2D eigenvalue weighted by atomic mass is 9.99. The lowest BCUT2D eigenvalue weighted by molar-refractivity contribution is -0.161. The molecule has 7 atom stereocenters. The zero-order valence-corrected chi connectivity index (χ0v) is 68.3. The Labute approximate surface area is 619 Å². The average molecular weight is 1480 g/mol. The van der Waals surface area contributed by atoms with Crippen molar-refractivity contribution in [3.63, 3.8) is 0 Å². The number of phosphoric acid groups is 2. The van der Waals surface area contributed by atoms with Crippen molar-refractivity contribution in [3.8, 4) is 0 Å². The zero-order valence-electron chi connectivity index (χ0n) is 66.5. The van der Waals surface area contributed by atoms with E-state index in [-0.39, 0.29) is 25.7 Å². The van der Waals surface area contributed by atoms with E-state index in [9.17, 15) is 43.2 Å². The maximum Gasteiger partial charge on any atom is 0.472 e. The molecule has 0 amide bonds. The molecule has 5 unspecified atom stereocenters. The van der Waals surface area contributed by atoms with Gasteiger partial charge in [-0.1, -0.05) is 370 Å². The molecular formula is C82H160O17P2. The molecule has 19 heteroatoms. The first-order valence-electron chi connectivity index (χ1n) is 42.3. The second kappa shape index (κ2) is 71.0. The van der Waals surface area contributed by atoms with E-state index in [2.05, 4.69) is 55.4 Å². The average Bonchev–Trinajstić information content (AvgIpc) is 1.18. The van der Waals surface area contributed by atoms with Gasteiger partial charge in [0.2, 0.25) is 0 Å². The van der Waals surface area contributed by atoms with Crippen molar-refractivity contribution >= 4 is 39.5 Å². The Kier molecular flexibility index (Phi) is 69.6. The fourth-order valence-electron chi connectivity index (χ4n) is 12.5. The predicted octanol–water partition coefficient (Wildman–Crippen LogP) is 24.4. The third kappa shape index (κ3) is 73.4. The van der Waals surface area contributed by atoms with Gasteiger partial charge in [0.1, 0.15) is 19.3 Å². The molecule has 600 valence electrons. The van der Waals surface area contributed by atoms with Gasteiger partial charge in [-0.25, -0.2) is 9.13 Å². The second-order valence-electron chi connectivity index (χ2n) is 31.0. The van der Waals surface area contributed by atoms with Crippen molar-refractivity contribution < 1.29 is 80.2 Å². The molecule has 0 saturated heterocycles. The molecule has 0 aliphatic heterocycles. The highest BCUT2D eigenvalue weighted by Crippen LogP contribution is 2.45. The summed E-state index contributed by atoms with van der Waals surface area (Å²) in [7, 11) is -9.92. The van der Waals surface area contributed by atoms with Gasteiger partial charge < -0.3 is 33.8 Å². The van der Waals surface area contributed by atoms with Crippen molar-refractivity contribution in [3.05, 3.63) is 0 Å². The summed E-state index contributed by atoms with van der Waals surface area (Å²) in [4.78, 5) is 73.1. The van der Waals surface area contributed by atoms with Crippen LogP contribution < -0.4 is 0 Å². The maximum absolute atomic E-state index is 13.1. The minimum Gasteiger partial charge on any atom is -0.462 e. The Morgan fingerprint density at radius 1 is 0.277 bits per heavy atom. The highest BCUT2D eigenvalue weighted by atomic mass is 31.2. The normalized spacial score (nSPS) is 14.5. The van der Waals surface area contributed by atoms with Crippen LogP contribution in [0.1, 0.15) is 421 Å². The molecule has 0 bridgehead atoms. The monoisotopic (exact) mass is 1480 g/mol. The molecule has 0 radical (unpaired) electrons. The minimum absolute atomic E-state index is 0.105. The molecule has 0 saturated carbocycles. The van der Waals surface area contributed by atoms with Gasteiger partial charge in [-0.15, -0.1) is 0 Å². The number of phosphoric ester groups is 2. The van der Waals surface area contributed by atoms with E-state index in [4.69, 9.17) is 37.0 Å². The fourth-order valence-corrected chi connectivity index (χ4v) is 14.1. The van der Waals surface area contributed by atoms with Crippen LogP contribution in [0.5, 0.6) is 0 Å². The zero-order chi connectivity index (χ0) is 74.6. The third-order valence-electron chi connectivity index (χ3n) is 19.8. The first-order valence-corrected chi connectivity index (χ1v) is 45.3. The Morgan fingerprint density at radius 2 is 0.475 bits per heavy atom. The van der Waals surface area contributed by atoms with Gasteiger partial charge in [0, 0.05) is 25.7 Å². The fraction of sp³-hybridized carbons (Fsp3) is 0.951. The summed E-state index contributed by atoms with van der Waals surface area (Å²) < 4.78 is 68.7. The molecule has 3 N–H and O–H groups in total.